The lowest BCUT2D eigenvalue weighted by atomic mass is 10.1. The fourth-order valence-electron chi connectivity index (χ4n) is 2.75. The fourth-order valence-corrected chi connectivity index (χ4v) is 2.75. The van der Waals surface area contributed by atoms with E-state index >= 15 is 0 Å². The average Bonchev–Trinajstić information content (AvgIpc) is 2.73. The van der Waals surface area contributed by atoms with Crippen LogP contribution in [0.5, 0.6) is 5.75 Å². The molecule has 148 valence electrons. The van der Waals surface area contributed by atoms with Gasteiger partial charge in [-0.2, -0.15) is 0 Å². The molecule has 0 saturated carbocycles. The van der Waals surface area contributed by atoms with Gasteiger partial charge in [-0.15, -0.1) is 0 Å². The van der Waals surface area contributed by atoms with Crippen molar-refractivity contribution in [2.45, 2.75) is 26.5 Å². The number of hydrogen-bond donors (Lipinski definition) is 2. The number of anilines is 1. The monoisotopic (exact) mass is 389 g/mol. The molecular weight excluding hydrogens is 366 g/mol. The van der Waals surface area contributed by atoms with Crippen LogP contribution in [0.15, 0.2) is 73.1 Å². The molecule has 3 rings (SSSR count). The van der Waals surface area contributed by atoms with Crippen LogP contribution >= 0.6 is 0 Å². The van der Waals surface area contributed by atoms with Crippen LogP contribution in [0.1, 0.15) is 28.4 Å². The first-order valence-electron chi connectivity index (χ1n) is 9.33. The largest absolute Gasteiger partial charge is 0.481 e. The number of benzene rings is 2. The van der Waals surface area contributed by atoms with Gasteiger partial charge in [-0.1, -0.05) is 30.3 Å². The number of carbonyl (C=O) groups excluding carboxylic acids is 2. The third-order valence-corrected chi connectivity index (χ3v) is 4.28. The van der Waals surface area contributed by atoms with Gasteiger partial charge in [-0.25, -0.2) is 0 Å². The maximum atomic E-state index is 12.6. The molecule has 29 heavy (non-hydrogen) atoms. The summed E-state index contributed by atoms with van der Waals surface area (Å²) in [5.41, 5.74) is 2.75. The zero-order chi connectivity index (χ0) is 20.6. The molecule has 0 radical (unpaired) electrons. The highest BCUT2D eigenvalue weighted by Crippen LogP contribution is 2.18. The number of amides is 2. The summed E-state index contributed by atoms with van der Waals surface area (Å²) in [6.45, 7) is 3.97. The second-order valence-corrected chi connectivity index (χ2v) is 6.66. The number of pyridine rings is 1. The van der Waals surface area contributed by atoms with E-state index in [9.17, 15) is 9.59 Å². The number of carbonyl (C=O) groups is 2. The van der Waals surface area contributed by atoms with Gasteiger partial charge in [0.25, 0.3) is 11.8 Å². The molecule has 0 aliphatic heterocycles. The Morgan fingerprint density at radius 2 is 1.90 bits per heavy atom. The lowest BCUT2D eigenvalue weighted by molar-refractivity contribution is -0.122. The second-order valence-electron chi connectivity index (χ2n) is 6.66. The summed E-state index contributed by atoms with van der Waals surface area (Å²) >= 11 is 0. The third kappa shape index (κ3) is 5.65. The summed E-state index contributed by atoms with van der Waals surface area (Å²) in [4.78, 5) is 29.2. The minimum atomic E-state index is -0.719. The van der Waals surface area contributed by atoms with Crippen LogP contribution in [0.25, 0.3) is 0 Å². The van der Waals surface area contributed by atoms with Crippen LogP contribution in [0.2, 0.25) is 0 Å². The molecule has 0 bridgehead atoms. The molecule has 0 unspecified atom stereocenters. The van der Waals surface area contributed by atoms with Crippen molar-refractivity contribution >= 4 is 17.5 Å². The molecule has 2 N–H and O–H groups in total. The Morgan fingerprint density at radius 3 is 2.66 bits per heavy atom. The smallest absolute Gasteiger partial charge is 0.265 e. The van der Waals surface area contributed by atoms with Crippen molar-refractivity contribution in [1.82, 2.24) is 10.3 Å². The highest BCUT2D eigenvalue weighted by Gasteiger charge is 2.18. The van der Waals surface area contributed by atoms with Gasteiger partial charge < -0.3 is 15.4 Å². The molecule has 0 fully saturated rings. The fraction of sp³-hybridized carbons (Fsp3) is 0.174. The molecule has 0 spiro atoms. The van der Waals surface area contributed by atoms with Gasteiger partial charge in [0.2, 0.25) is 0 Å². The zero-order valence-electron chi connectivity index (χ0n) is 16.4. The summed E-state index contributed by atoms with van der Waals surface area (Å²) in [5, 5.41) is 5.63. The van der Waals surface area contributed by atoms with Gasteiger partial charge in [-0.05, 0) is 55.3 Å². The highest BCUT2D eigenvalue weighted by atomic mass is 16.5. The maximum absolute atomic E-state index is 12.6. The maximum Gasteiger partial charge on any atom is 0.265 e. The summed E-state index contributed by atoms with van der Waals surface area (Å²) in [6, 6.07) is 18.1. The van der Waals surface area contributed by atoms with Crippen molar-refractivity contribution in [3.63, 3.8) is 0 Å². The first-order chi connectivity index (χ1) is 14.0. The molecule has 0 aliphatic rings. The van der Waals surface area contributed by atoms with E-state index < -0.39 is 6.10 Å². The number of aromatic nitrogens is 1. The SMILES string of the molecule is Cc1cccc(O[C@H](C)C(=O)Nc2ccccc2C(=O)NCc2cccnc2)c1. The molecule has 2 aromatic carbocycles. The number of ether oxygens (including phenoxy) is 1. The van der Waals surface area contributed by atoms with E-state index in [1.54, 1.807) is 49.6 Å². The van der Waals surface area contributed by atoms with Crippen LogP contribution in [0.3, 0.4) is 0 Å². The lowest BCUT2D eigenvalue weighted by Gasteiger charge is -2.16. The molecular formula is C23H23N3O3. The Labute approximate surface area is 169 Å². The number of nitrogens with one attached hydrogen (secondary N) is 2. The highest BCUT2D eigenvalue weighted by molar-refractivity contribution is 6.04. The predicted octanol–water partition coefficient (Wildman–Crippen LogP) is 3.73. The second kappa shape index (κ2) is 9.50. The van der Waals surface area contributed by atoms with Crippen LogP contribution in [0.4, 0.5) is 5.69 Å². The molecule has 6 nitrogen and oxygen atoms in total. The van der Waals surface area contributed by atoms with Crippen molar-refractivity contribution in [3.05, 3.63) is 89.7 Å². The lowest BCUT2D eigenvalue weighted by Crippen LogP contribution is -2.31. The van der Waals surface area contributed by atoms with E-state index in [-0.39, 0.29) is 11.8 Å². The number of hydrogen-bond acceptors (Lipinski definition) is 4. The molecule has 2 amide bonds. The normalized spacial score (nSPS) is 11.4. The van der Waals surface area contributed by atoms with Crippen molar-refractivity contribution in [1.29, 1.82) is 0 Å². The van der Waals surface area contributed by atoms with Gasteiger partial charge in [0.1, 0.15) is 5.75 Å². The van der Waals surface area contributed by atoms with Crippen molar-refractivity contribution in [2.75, 3.05) is 5.32 Å². The minimum Gasteiger partial charge on any atom is -0.481 e. The molecule has 1 heterocycles. The molecule has 1 atom stereocenters. The number of aryl methyl sites for hydroxylation is 1. The topological polar surface area (TPSA) is 80.3 Å². The molecule has 1 aromatic heterocycles. The molecule has 0 aliphatic carbocycles. The van der Waals surface area contributed by atoms with Crippen molar-refractivity contribution in [2.24, 2.45) is 0 Å². The minimum absolute atomic E-state index is 0.281. The van der Waals surface area contributed by atoms with Crippen LogP contribution in [-0.4, -0.2) is 22.9 Å². The summed E-state index contributed by atoms with van der Waals surface area (Å²) in [6.07, 6.45) is 2.65. The van der Waals surface area contributed by atoms with E-state index in [4.69, 9.17) is 4.74 Å². The Balaban J connectivity index is 1.64. The van der Waals surface area contributed by atoms with Gasteiger partial charge in [-0.3, -0.25) is 14.6 Å². The number of para-hydroxylation sites is 1. The molecule has 0 saturated heterocycles. The number of nitrogens with zero attached hydrogens (tertiary/aromatic N) is 1. The predicted molar refractivity (Wildman–Crippen MR) is 112 cm³/mol. The Hall–Kier alpha value is -3.67. The van der Waals surface area contributed by atoms with Gasteiger partial charge >= 0.3 is 0 Å². The van der Waals surface area contributed by atoms with Crippen molar-refractivity contribution in [3.8, 4) is 5.75 Å². The van der Waals surface area contributed by atoms with Crippen LogP contribution in [0, 0.1) is 6.92 Å². The van der Waals surface area contributed by atoms with Gasteiger partial charge in [0, 0.05) is 18.9 Å². The zero-order valence-corrected chi connectivity index (χ0v) is 16.4. The van der Waals surface area contributed by atoms with Crippen LogP contribution < -0.4 is 15.4 Å². The molecule has 3 aromatic rings. The van der Waals surface area contributed by atoms with E-state index in [2.05, 4.69) is 15.6 Å². The Bertz CT molecular complexity index is 989. The summed E-state index contributed by atoms with van der Waals surface area (Å²) < 4.78 is 5.72. The van der Waals surface area contributed by atoms with Gasteiger partial charge in [0.05, 0.1) is 11.3 Å². The van der Waals surface area contributed by atoms with Crippen LogP contribution in [-0.2, 0) is 11.3 Å². The average molecular weight is 389 g/mol. The Morgan fingerprint density at radius 1 is 1.07 bits per heavy atom. The Kier molecular flexibility index (Phi) is 6.58. The molecule has 6 heteroatoms. The van der Waals surface area contributed by atoms with E-state index in [0.717, 1.165) is 11.1 Å². The van der Waals surface area contributed by atoms with E-state index in [1.165, 1.54) is 0 Å². The van der Waals surface area contributed by atoms with E-state index in [0.29, 0.717) is 23.5 Å². The van der Waals surface area contributed by atoms with E-state index in [1.807, 2.05) is 37.3 Å². The van der Waals surface area contributed by atoms with Crippen molar-refractivity contribution < 1.29 is 14.3 Å². The summed E-state index contributed by atoms with van der Waals surface area (Å²) in [7, 11) is 0. The standard InChI is InChI=1S/C23H23N3O3/c1-16-7-5-9-19(13-16)29-17(2)22(27)26-21-11-4-3-10-20(21)23(28)25-15-18-8-6-12-24-14-18/h3-14,17H,15H2,1-2H3,(H,25,28)(H,26,27)/t17-/m1/s1. The quantitative estimate of drug-likeness (QED) is 0.645. The summed E-state index contributed by atoms with van der Waals surface area (Å²) in [5.74, 6) is 0.00572. The number of rotatable bonds is 7. The first-order valence-corrected chi connectivity index (χ1v) is 9.33. The third-order valence-electron chi connectivity index (χ3n) is 4.28. The first kappa shape index (κ1) is 20.1. The van der Waals surface area contributed by atoms with Gasteiger partial charge in [0.15, 0.2) is 6.10 Å².